The molecule has 114 valence electrons. The van der Waals surface area contributed by atoms with Crippen LogP contribution >= 0.6 is 0 Å². The van der Waals surface area contributed by atoms with Crippen LogP contribution < -0.4 is 5.32 Å². The lowest BCUT2D eigenvalue weighted by Gasteiger charge is -2.16. The molecule has 2 heterocycles. The molecule has 0 bridgehead atoms. The fourth-order valence-corrected chi connectivity index (χ4v) is 2.14. The second-order valence-corrected chi connectivity index (χ2v) is 4.71. The number of furan rings is 1. The first-order valence-corrected chi connectivity index (χ1v) is 7.12. The first-order valence-electron chi connectivity index (χ1n) is 7.12. The van der Waals surface area contributed by atoms with Crippen molar-refractivity contribution in [2.75, 3.05) is 13.2 Å². The van der Waals surface area contributed by atoms with Crippen molar-refractivity contribution < 1.29 is 13.9 Å². The number of imidazole rings is 1. The third-order valence-electron chi connectivity index (χ3n) is 3.16. The summed E-state index contributed by atoms with van der Waals surface area (Å²) in [4.78, 5) is 15.7. The molecule has 0 saturated carbocycles. The van der Waals surface area contributed by atoms with Gasteiger partial charge in [-0.05, 0) is 32.0 Å². The number of nitrogens with one attached hydrogen (secondary N) is 1. The number of aryl methyl sites for hydroxylation is 1. The van der Waals surface area contributed by atoms with Crippen molar-refractivity contribution in [3.05, 3.63) is 42.4 Å². The first-order chi connectivity index (χ1) is 10.2. The summed E-state index contributed by atoms with van der Waals surface area (Å²) in [6.07, 6.45) is 6.41. The van der Waals surface area contributed by atoms with E-state index in [1.54, 1.807) is 12.5 Å². The number of hydrogen-bond donors (Lipinski definition) is 1. The van der Waals surface area contributed by atoms with E-state index in [-0.39, 0.29) is 12.0 Å². The third kappa shape index (κ3) is 4.19. The van der Waals surface area contributed by atoms with E-state index < -0.39 is 0 Å². The van der Waals surface area contributed by atoms with E-state index in [0.717, 1.165) is 11.6 Å². The van der Waals surface area contributed by atoms with Gasteiger partial charge in [-0.2, -0.15) is 0 Å². The first kappa shape index (κ1) is 15.3. The summed E-state index contributed by atoms with van der Waals surface area (Å²) in [7, 11) is 1.94. The Bertz CT molecular complexity index is 548. The van der Waals surface area contributed by atoms with Crippen molar-refractivity contribution >= 4 is 5.97 Å². The van der Waals surface area contributed by atoms with Crippen LogP contribution in [-0.4, -0.2) is 28.7 Å². The highest BCUT2D eigenvalue weighted by molar-refractivity contribution is 5.69. The molecule has 1 N–H and O–H groups in total. The maximum absolute atomic E-state index is 11.3. The average Bonchev–Trinajstić information content (AvgIpc) is 3.11. The zero-order valence-corrected chi connectivity index (χ0v) is 12.4. The number of aromatic nitrogens is 2. The molecule has 1 unspecified atom stereocenters. The summed E-state index contributed by atoms with van der Waals surface area (Å²) in [5.74, 6) is 1.52. The Morgan fingerprint density at radius 1 is 1.57 bits per heavy atom. The molecule has 0 saturated heterocycles. The van der Waals surface area contributed by atoms with Crippen LogP contribution in [0.25, 0.3) is 0 Å². The quantitative estimate of drug-likeness (QED) is 0.595. The molecule has 2 aromatic heterocycles. The van der Waals surface area contributed by atoms with Crippen molar-refractivity contribution in [3.63, 3.8) is 0 Å². The maximum atomic E-state index is 11.3. The molecule has 6 nitrogen and oxygen atoms in total. The topological polar surface area (TPSA) is 69.3 Å². The van der Waals surface area contributed by atoms with Crippen LogP contribution in [0.15, 0.2) is 35.2 Å². The molecule has 0 aliphatic rings. The van der Waals surface area contributed by atoms with E-state index in [1.807, 2.05) is 36.9 Å². The lowest BCUT2D eigenvalue weighted by Crippen LogP contribution is -2.26. The molecule has 1 atom stereocenters. The molecule has 0 radical (unpaired) electrons. The number of carbonyl (C=O) groups excluding carboxylic acids is 1. The van der Waals surface area contributed by atoms with Crippen LogP contribution in [0.5, 0.6) is 0 Å². The lowest BCUT2D eigenvalue weighted by molar-refractivity contribution is -0.143. The van der Waals surface area contributed by atoms with Gasteiger partial charge in [0.15, 0.2) is 0 Å². The second-order valence-electron chi connectivity index (χ2n) is 4.71. The minimum atomic E-state index is -0.161. The van der Waals surface area contributed by atoms with E-state index in [2.05, 4.69) is 10.3 Å². The molecule has 21 heavy (non-hydrogen) atoms. The third-order valence-corrected chi connectivity index (χ3v) is 3.16. The van der Waals surface area contributed by atoms with Crippen molar-refractivity contribution in [2.45, 2.75) is 25.8 Å². The molecule has 0 fully saturated rings. The number of ether oxygens (including phenoxy) is 1. The van der Waals surface area contributed by atoms with Gasteiger partial charge in [-0.15, -0.1) is 0 Å². The van der Waals surface area contributed by atoms with E-state index in [9.17, 15) is 4.79 Å². The molecule has 0 aromatic carbocycles. The predicted molar refractivity (Wildman–Crippen MR) is 77.6 cm³/mol. The highest BCUT2D eigenvalue weighted by atomic mass is 16.5. The zero-order chi connectivity index (χ0) is 15.1. The minimum absolute atomic E-state index is 0.123. The summed E-state index contributed by atoms with van der Waals surface area (Å²) in [5.41, 5.74) is 0. The van der Waals surface area contributed by atoms with Gasteiger partial charge in [0, 0.05) is 25.9 Å². The molecule has 0 aliphatic heterocycles. The minimum Gasteiger partial charge on any atom is -0.467 e. The molecule has 0 aliphatic carbocycles. The van der Waals surface area contributed by atoms with Gasteiger partial charge in [0.05, 0.1) is 12.9 Å². The summed E-state index contributed by atoms with van der Waals surface area (Å²) < 4.78 is 12.3. The SMILES string of the molecule is CCOC(=O)CCCNC(c1ccco1)c1nccn1C. The number of hydrogen-bond acceptors (Lipinski definition) is 5. The van der Waals surface area contributed by atoms with Crippen molar-refractivity contribution in [1.82, 2.24) is 14.9 Å². The monoisotopic (exact) mass is 291 g/mol. The standard InChI is InChI=1S/C15H21N3O3/c1-3-20-13(19)7-4-8-16-14(12-6-5-11-21-12)15-17-9-10-18(15)2/h5-6,9-11,14,16H,3-4,7-8H2,1-2H3. The fraction of sp³-hybridized carbons (Fsp3) is 0.467. The zero-order valence-electron chi connectivity index (χ0n) is 12.4. The van der Waals surface area contributed by atoms with Crippen LogP contribution in [0.2, 0.25) is 0 Å². The van der Waals surface area contributed by atoms with Crippen LogP contribution in [0.4, 0.5) is 0 Å². The molecular weight excluding hydrogens is 270 g/mol. The summed E-state index contributed by atoms with van der Waals surface area (Å²) in [5, 5.41) is 3.38. The predicted octanol–water partition coefficient (Wildman–Crippen LogP) is 2.04. The highest BCUT2D eigenvalue weighted by Gasteiger charge is 2.20. The van der Waals surface area contributed by atoms with E-state index in [1.165, 1.54) is 0 Å². The Balaban J connectivity index is 1.92. The normalized spacial score (nSPS) is 12.3. The Labute approximate surface area is 124 Å². The van der Waals surface area contributed by atoms with Gasteiger partial charge in [0.25, 0.3) is 0 Å². The summed E-state index contributed by atoms with van der Waals surface area (Å²) in [6.45, 7) is 2.91. The number of esters is 1. The van der Waals surface area contributed by atoms with Gasteiger partial charge < -0.3 is 19.0 Å². The summed E-state index contributed by atoms with van der Waals surface area (Å²) in [6, 6.07) is 3.64. The van der Waals surface area contributed by atoms with E-state index in [0.29, 0.717) is 26.0 Å². The number of carbonyl (C=O) groups is 1. The Kier molecular flexibility index (Phi) is 5.57. The summed E-state index contributed by atoms with van der Waals surface area (Å²) >= 11 is 0. The maximum Gasteiger partial charge on any atom is 0.305 e. The van der Waals surface area contributed by atoms with E-state index in [4.69, 9.17) is 9.15 Å². The van der Waals surface area contributed by atoms with Gasteiger partial charge in [0.2, 0.25) is 0 Å². The van der Waals surface area contributed by atoms with Crippen molar-refractivity contribution in [3.8, 4) is 0 Å². The number of rotatable bonds is 8. The Morgan fingerprint density at radius 3 is 3.05 bits per heavy atom. The van der Waals surface area contributed by atoms with Crippen molar-refractivity contribution in [2.24, 2.45) is 7.05 Å². The van der Waals surface area contributed by atoms with E-state index >= 15 is 0 Å². The molecule has 0 spiro atoms. The molecular formula is C15H21N3O3. The molecule has 2 aromatic rings. The van der Waals surface area contributed by atoms with Gasteiger partial charge in [0.1, 0.15) is 17.6 Å². The molecule has 0 amide bonds. The van der Waals surface area contributed by atoms with Crippen molar-refractivity contribution in [1.29, 1.82) is 0 Å². The second kappa shape index (κ2) is 7.64. The smallest absolute Gasteiger partial charge is 0.305 e. The average molecular weight is 291 g/mol. The molecule has 6 heteroatoms. The Hall–Kier alpha value is -2.08. The van der Waals surface area contributed by atoms with Crippen LogP contribution in [0.3, 0.4) is 0 Å². The fourth-order valence-electron chi connectivity index (χ4n) is 2.14. The van der Waals surface area contributed by atoms with Crippen LogP contribution in [0, 0.1) is 0 Å². The number of nitrogens with zero attached hydrogens (tertiary/aromatic N) is 2. The Morgan fingerprint density at radius 2 is 2.43 bits per heavy atom. The van der Waals surface area contributed by atoms with Gasteiger partial charge in [-0.25, -0.2) is 4.98 Å². The largest absolute Gasteiger partial charge is 0.467 e. The lowest BCUT2D eigenvalue weighted by atomic mass is 10.2. The molecule has 2 rings (SSSR count). The highest BCUT2D eigenvalue weighted by Crippen LogP contribution is 2.20. The van der Waals surface area contributed by atoms with Gasteiger partial charge in [-0.1, -0.05) is 0 Å². The van der Waals surface area contributed by atoms with Crippen LogP contribution in [0.1, 0.15) is 37.4 Å². The van der Waals surface area contributed by atoms with Crippen LogP contribution in [-0.2, 0) is 16.6 Å². The van der Waals surface area contributed by atoms with Gasteiger partial charge >= 0.3 is 5.97 Å². The van der Waals surface area contributed by atoms with Gasteiger partial charge in [-0.3, -0.25) is 4.79 Å².